The first kappa shape index (κ1) is 15.7. The quantitative estimate of drug-likeness (QED) is 0.860. The number of carbonyl (C=O) groups excluding carboxylic acids is 1. The van der Waals surface area contributed by atoms with E-state index in [0.717, 1.165) is 11.6 Å². The van der Waals surface area contributed by atoms with Gasteiger partial charge in [-0.15, -0.1) is 0 Å². The van der Waals surface area contributed by atoms with E-state index < -0.39 is 0 Å². The lowest BCUT2D eigenvalue weighted by Crippen LogP contribution is -2.27. The lowest BCUT2D eigenvalue weighted by atomic mass is 9.84. The second-order valence-electron chi connectivity index (χ2n) is 5.93. The lowest BCUT2D eigenvalue weighted by molar-refractivity contribution is -0.114. The van der Waals surface area contributed by atoms with Crippen molar-refractivity contribution >= 4 is 17.3 Å². The molecule has 116 valence electrons. The Morgan fingerprint density at radius 3 is 2.62 bits per heavy atom. The van der Waals surface area contributed by atoms with Crippen LogP contribution in [0.15, 0.2) is 18.2 Å². The van der Waals surface area contributed by atoms with Crippen LogP contribution in [-0.2, 0) is 4.79 Å². The van der Waals surface area contributed by atoms with Crippen molar-refractivity contribution in [1.29, 1.82) is 0 Å². The van der Waals surface area contributed by atoms with Crippen LogP contribution in [0.5, 0.6) is 5.75 Å². The largest absolute Gasteiger partial charge is 0.494 e. The average molecular weight is 290 g/mol. The molecule has 1 atom stereocenters. The molecule has 1 aliphatic carbocycles. The van der Waals surface area contributed by atoms with Crippen molar-refractivity contribution in [3.8, 4) is 5.75 Å². The summed E-state index contributed by atoms with van der Waals surface area (Å²) in [4.78, 5) is 11.2. The molecule has 0 saturated heterocycles. The first-order valence-corrected chi connectivity index (χ1v) is 7.82. The third-order valence-electron chi connectivity index (χ3n) is 4.26. The van der Waals surface area contributed by atoms with Crippen molar-refractivity contribution in [2.75, 3.05) is 17.7 Å². The number of hydrogen-bond acceptors (Lipinski definition) is 3. The first-order valence-electron chi connectivity index (χ1n) is 7.82. The van der Waals surface area contributed by atoms with Crippen molar-refractivity contribution in [3.63, 3.8) is 0 Å². The summed E-state index contributed by atoms with van der Waals surface area (Å²) in [6, 6.07) is 6.29. The molecule has 1 amide bonds. The molecule has 21 heavy (non-hydrogen) atoms. The van der Waals surface area contributed by atoms with Gasteiger partial charge in [-0.1, -0.05) is 19.3 Å². The number of amides is 1. The van der Waals surface area contributed by atoms with E-state index in [-0.39, 0.29) is 5.91 Å². The fraction of sp³-hybridized carbons (Fsp3) is 0.588. The minimum atomic E-state index is -0.0930. The molecule has 1 aliphatic rings. The van der Waals surface area contributed by atoms with Gasteiger partial charge in [-0.3, -0.25) is 4.79 Å². The second-order valence-corrected chi connectivity index (χ2v) is 5.93. The summed E-state index contributed by atoms with van der Waals surface area (Å²) < 4.78 is 5.36. The van der Waals surface area contributed by atoms with Gasteiger partial charge in [0.2, 0.25) is 5.91 Å². The van der Waals surface area contributed by atoms with E-state index in [4.69, 9.17) is 4.74 Å². The van der Waals surface area contributed by atoms with Crippen LogP contribution >= 0.6 is 0 Å². The zero-order valence-corrected chi connectivity index (χ0v) is 13.2. The highest BCUT2D eigenvalue weighted by molar-refractivity contribution is 5.90. The van der Waals surface area contributed by atoms with Crippen LogP contribution in [0.2, 0.25) is 0 Å². The number of ether oxygens (including phenoxy) is 1. The van der Waals surface area contributed by atoms with E-state index in [1.165, 1.54) is 39.0 Å². The maximum atomic E-state index is 11.2. The third-order valence-corrected chi connectivity index (χ3v) is 4.26. The van der Waals surface area contributed by atoms with Gasteiger partial charge in [0.15, 0.2) is 0 Å². The molecule has 1 aromatic carbocycles. The number of nitrogens with one attached hydrogen (secondary N) is 2. The molecule has 1 aromatic rings. The summed E-state index contributed by atoms with van der Waals surface area (Å²) in [5, 5.41) is 6.35. The molecule has 0 bridgehead atoms. The smallest absolute Gasteiger partial charge is 0.221 e. The van der Waals surface area contributed by atoms with E-state index in [1.54, 1.807) is 7.11 Å². The Morgan fingerprint density at radius 1 is 1.29 bits per heavy atom. The monoisotopic (exact) mass is 290 g/mol. The molecule has 1 fully saturated rings. The van der Waals surface area contributed by atoms with E-state index in [0.29, 0.717) is 17.5 Å². The Balaban J connectivity index is 2.04. The minimum Gasteiger partial charge on any atom is -0.494 e. The molecule has 2 N–H and O–H groups in total. The standard InChI is InChI=1S/C17H26N2O2/c1-12(14-7-5-4-6-8-14)18-15-9-10-16(19-13(2)20)17(11-15)21-3/h9-12,14,18H,4-8H2,1-3H3,(H,19,20). The molecule has 1 unspecified atom stereocenters. The van der Waals surface area contributed by atoms with Gasteiger partial charge in [-0.05, 0) is 37.8 Å². The fourth-order valence-electron chi connectivity index (χ4n) is 3.09. The van der Waals surface area contributed by atoms with Crippen molar-refractivity contribution in [2.45, 2.75) is 52.0 Å². The van der Waals surface area contributed by atoms with Crippen LogP contribution in [0.4, 0.5) is 11.4 Å². The number of rotatable bonds is 5. The van der Waals surface area contributed by atoms with Gasteiger partial charge in [0.1, 0.15) is 5.75 Å². The van der Waals surface area contributed by atoms with Crippen molar-refractivity contribution < 1.29 is 9.53 Å². The van der Waals surface area contributed by atoms with Crippen molar-refractivity contribution in [1.82, 2.24) is 0 Å². The summed E-state index contributed by atoms with van der Waals surface area (Å²) >= 11 is 0. The number of hydrogen-bond donors (Lipinski definition) is 2. The number of carbonyl (C=O) groups is 1. The summed E-state index contributed by atoms with van der Waals surface area (Å²) in [6.45, 7) is 3.75. The molecule has 4 heteroatoms. The minimum absolute atomic E-state index is 0.0930. The molecule has 0 radical (unpaired) electrons. The van der Waals surface area contributed by atoms with Crippen LogP contribution in [0.1, 0.15) is 46.0 Å². The second kappa shape index (κ2) is 7.34. The van der Waals surface area contributed by atoms with Crippen LogP contribution in [-0.4, -0.2) is 19.1 Å². The van der Waals surface area contributed by atoms with E-state index in [2.05, 4.69) is 17.6 Å². The first-order chi connectivity index (χ1) is 10.1. The Hall–Kier alpha value is -1.71. The average Bonchev–Trinajstić information content (AvgIpc) is 2.49. The molecule has 4 nitrogen and oxygen atoms in total. The van der Waals surface area contributed by atoms with Gasteiger partial charge >= 0.3 is 0 Å². The Labute approximate surface area is 127 Å². The highest BCUT2D eigenvalue weighted by atomic mass is 16.5. The zero-order valence-electron chi connectivity index (χ0n) is 13.2. The fourth-order valence-corrected chi connectivity index (χ4v) is 3.09. The molecule has 1 saturated carbocycles. The summed E-state index contributed by atoms with van der Waals surface area (Å²) in [7, 11) is 1.62. The Bertz CT molecular complexity index is 482. The van der Waals surface area contributed by atoms with Gasteiger partial charge in [0, 0.05) is 24.7 Å². The number of benzene rings is 1. The maximum absolute atomic E-state index is 11.2. The van der Waals surface area contributed by atoms with Crippen LogP contribution in [0, 0.1) is 5.92 Å². The van der Waals surface area contributed by atoms with E-state index >= 15 is 0 Å². The van der Waals surface area contributed by atoms with Crippen molar-refractivity contribution in [2.24, 2.45) is 5.92 Å². The van der Waals surface area contributed by atoms with Gasteiger partial charge in [0.25, 0.3) is 0 Å². The van der Waals surface area contributed by atoms with Crippen LogP contribution in [0.3, 0.4) is 0 Å². The SMILES string of the molecule is COc1cc(NC(C)C2CCCCC2)ccc1NC(C)=O. The van der Waals surface area contributed by atoms with Gasteiger partial charge in [-0.2, -0.15) is 0 Å². The van der Waals surface area contributed by atoms with Crippen molar-refractivity contribution in [3.05, 3.63) is 18.2 Å². The zero-order chi connectivity index (χ0) is 15.2. The Kier molecular flexibility index (Phi) is 5.48. The number of anilines is 2. The van der Waals surface area contributed by atoms with E-state index in [9.17, 15) is 4.79 Å². The summed E-state index contributed by atoms with van der Waals surface area (Å²) in [5.41, 5.74) is 1.75. The molecule has 0 aliphatic heterocycles. The highest BCUT2D eigenvalue weighted by Gasteiger charge is 2.20. The van der Waals surface area contributed by atoms with Crippen LogP contribution in [0.25, 0.3) is 0 Å². The number of methoxy groups -OCH3 is 1. The maximum Gasteiger partial charge on any atom is 0.221 e. The summed E-state index contributed by atoms with van der Waals surface area (Å²) in [6.07, 6.45) is 6.70. The molecule has 0 spiro atoms. The highest BCUT2D eigenvalue weighted by Crippen LogP contribution is 2.31. The summed E-state index contributed by atoms with van der Waals surface area (Å²) in [5.74, 6) is 1.34. The predicted molar refractivity (Wildman–Crippen MR) is 87.0 cm³/mol. The molecule has 0 heterocycles. The molecular formula is C17H26N2O2. The normalized spacial score (nSPS) is 17.1. The molecule has 0 aromatic heterocycles. The topological polar surface area (TPSA) is 50.4 Å². The lowest BCUT2D eigenvalue weighted by Gasteiger charge is -2.29. The molecular weight excluding hydrogens is 264 g/mol. The van der Waals surface area contributed by atoms with Gasteiger partial charge in [-0.25, -0.2) is 0 Å². The third kappa shape index (κ3) is 4.38. The Morgan fingerprint density at radius 2 is 2.00 bits per heavy atom. The predicted octanol–water partition coefficient (Wildman–Crippen LogP) is 4.03. The van der Waals surface area contributed by atoms with Gasteiger partial charge < -0.3 is 15.4 Å². The van der Waals surface area contributed by atoms with Gasteiger partial charge in [0.05, 0.1) is 12.8 Å². The molecule has 2 rings (SSSR count). The van der Waals surface area contributed by atoms with Crippen LogP contribution < -0.4 is 15.4 Å². The van der Waals surface area contributed by atoms with E-state index in [1.807, 2.05) is 18.2 Å².